The maximum absolute atomic E-state index is 5.91. The summed E-state index contributed by atoms with van der Waals surface area (Å²) in [6.45, 7) is 2.74. The van der Waals surface area contributed by atoms with Crippen molar-refractivity contribution >= 4 is 49.1 Å². The lowest BCUT2D eigenvalue weighted by atomic mass is 10.2. The van der Waals surface area contributed by atoms with Crippen LogP contribution in [0, 0.1) is 6.92 Å². The number of anilines is 1. The zero-order valence-electron chi connectivity index (χ0n) is 9.67. The summed E-state index contributed by atoms with van der Waals surface area (Å²) in [5.74, 6) is 0. The second kappa shape index (κ2) is 6.04. The molecule has 1 aromatic heterocycles. The molecule has 1 N–H and O–H groups in total. The van der Waals surface area contributed by atoms with Crippen LogP contribution in [0.2, 0.25) is 5.02 Å². The van der Waals surface area contributed by atoms with Crippen molar-refractivity contribution in [1.82, 2.24) is 4.98 Å². The Balaban J connectivity index is 2.09. The van der Waals surface area contributed by atoms with Gasteiger partial charge in [0.15, 0.2) is 0 Å². The van der Waals surface area contributed by atoms with E-state index in [0.717, 1.165) is 37.5 Å². The molecule has 0 saturated carbocycles. The van der Waals surface area contributed by atoms with Gasteiger partial charge in [0, 0.05) is 16.0 Å². The fourth-order valence-corrected chi connectivity index (χ4v) is 2.56. The minimum absolute atomic E-state index is 0.723. The highest BCUT2D eigenvalue weighted by Gasteiger charge is 2.02. The Bertz CT molecular complexity index is 573. The van der Waals surface area contributed by atoms with E-state index < -0.39 is 0 Å². The monoisotopic (exact) mass is 388 g/mol. The van der Waals surface area contributed by atoms with Gasteiger partial charge in [0.25, 0.3) is 0 Å². The summed E-state index contributed by atoms with van der Waals surface area (Å²) in [4.78, 5) is 4.25. The van der Waals surface area contributed by atoms with Gasteiger partial charge in [-0.15, -0.1) is 0 Å². The molecule has 94 valence electrons. The van der Waals surface area contributed by atoms with E-state index in [4.69, 9.17) is 11.6 Å². The lowest BCUT2D eigenvalue weighted by Gasteiger charge is -2.09. The molecule has 0 spiro atoms. The van der Waals surface area contributed by atoms with Crippen LogP contribution in [-0.2, 0) is 6.54 Å². The second-order valence-electron chi connectivity index (χ2n) is 3.92. The maximum atomic E-state index is 5.91. The maximum Gasteiger partial charge on any atom is 0.109 e. The fourth-order valence-electron chi connectivity index (χ4n) is 1.52. The zero-order valence-corrected chi connectivity index (χ0v) is 13.6. The fraction of sp³-hybridized carbons (Fsp3) is 0.154. The van der Waals surface area contributed by atoms with Crippen LogP contribution in [0.3, 0.4) is 0 Å². The molecule has 1 heterocycles. The molecule has 0 atom stereocenters. The van der Waals surface area contributed by atoms with Gasteiger partial charge in [0.2, 0.25) is 0 Å². The smallest absolute Gasteiger partial charge is 0.109 e. The van der Waals surface area contributed by atoms with Crippen molar-refractivity contribution in [1.29, 1.82) is 0 Å². The van der Waals surface area contributed by atoms with Crippen LogP contribution in [-0.4, -0.2) is 4.98 Å². The summed E-state index contributed by atoms with van der Waals surface area (Å²) in [6.07, 6.45) is 1.81. The third kappa shape index (κ3) is 3.46. The highest BCUT2D eigenvalue weighted by atomic mass is 79.9. The molecule has 2 rings (SSSR count). The average Bonchev–Trinajstić information content (AvgIpc) is 2.32. The minimum Gasteiger partial charge on any atom is -0.380 e. The van der Waals surface area contributed by atoms with Gasteiger partial charge in [-0.25, -0.2) is 4.98 Å². The summed E-state index contributed by atoms with van der Waals surface area (Å²) in [7, 11) is 0. The van der Waals surface area contributed by atoms with E-state index in [1.807, 2.05) is 25.1 Å². The Morgan fingerprint density at radius 2 is 2.06 bits per heavy atom. The largest absolute Gasteiger partial charge is 0.380 e. The molecule has 0 saturated heterocycles. The lowest BCUT2D eigenvalue weighted by Crippen LogP contribution is -2.01. The average molecular weight is 391 g/mol. The first kappa shape index (κ1) is 13.8. The predicted octanol–water partition coefficient (Wildman–Crippen LogP) is 5.18. The quantitative estimate of drug-likeness (QED) is 0.731. The van der Waals surface area contributed by atoms with Crippen LogP contribution in [0.4, 0.5) is 5.69 Å². The van der Waals surface area contributed by atoms with Crippen molar-refractivity contribution < 1.29 is 0 Å². The van der Waals surface area contributed by atoms with E-state index in [2.05, 4.69) is 48.2 Å². The van der Waals surface area contributed by atoms with Gasteiger partial charge < -0.3 is 5.32 Å². The van der Waals surface area contributed by atoms with Gasteiger partial charge >= 0.3 is 0 Å². The second-order valence-corrected chi connectivity index (χ2v) is 5.96. The molecule has 0 amide bonds. The molecule has 0 aliphatic rings. The number of rotatable bonds is 3. The van der Waals surface area contributed by atoms with Crippen LogP contribution in [0.1, 0.15) is 11.1 Å². The van der Waals surface area contributed by atoms with Gasteiger partial charge in [-0.05, 0) is 52.2 Å². The number of nitrogens with one attached hydrogen (secondary N) is 1. The molecular weight excluding hydrogens is 379 g/mol. The molecule has 1 aromatic carbocycles. The molecule has 0 bridgehead atoms. The van der Waals surface area contributed by atoms with Gasteiger partial charge in [0.05, 0.1) is 11.9 Å². The van der Waals surface area contributed by atoms with E-state index >= 15 is 0 Å². The lowest BCUT2D eigenvalue weighted by molar-refractivity contribution is 1.11. The SMILES string of the molecule is Cc1cc(NCc2ccc(Cl)cc2Br)cnc1Br. The Morgan fingerprint density at radius 1 is 1.28 bits per heavy atom. The molecule has 0 aliphatic heterocycles. The Labute approximate surface area is 128 Å². The third-order valence-electron chi connectivity index (χ3n) is 2.51. The molecule has 5 heteroatoms. The Morgan fingerprint density at radius 3 is 2.72 bits per heavy atom. The summed E-state index contributed by atoms with van der Waals surface area (Å²) in [6, 6.07) is 7.83. The standard InChI is InChI=1S/C13H11Br2ClN2/c1-8-4-11(7-18-13(8)15)17-6-9-2-3-10(16)5-12(9)14/h2-5,7,17H,6H2,1H3. The third-order valence-corrected chi connectivity index (χ3v) is 4.32. The summed E-state index contributed by atoms with van der Waals surface area (Å²) >= 11 is 12.8. The van der Waals surface area contributed by atoms with Crippen LogP contribution in [0.25, 0.3) is 0 Å². The first-order valence-corrected chi connectivity index (χ1v) is 7.32. The molecular formula is C13H11Br2ClN2. The number of nitrogens with zero attached hydrogens (tertiary/aromatic N) is 1. The van der Waals surface area contributed by atoms with Crippen molar-refractivity contribution in [2.75, 3.05) is 5.32 Å². The number of hydrogen-bond donors (Lipinski definition) is 1. The summed E-state index contributed by atoms with van der Waals surface area (Å²) in [5.41, 5.74) is 3.26. The summed E-state index contributed by atoms with van der Waals surface area (Å²) in [5, 5.41) is 4.06. The molecule has 18 heavy (non-hydrogen) atoms. The summed E-state index contributed by atoms with van der Waals surface area (Å²) < 4.78 is 1.88. The number of halogens is 3. The van der Waals surface area contributed by atoms with Crippen LogP contribution < -0.4 is 5.32 Å². The highest BCUT2D eigenvalue weighted by Crippen LogP contribution is 2.23. The Kier molecular flexibility index (Phi) is 4.65. The number of aromatic nitrogens is 1. The van der Waals surface area contributed by atoms with Gasteiger partial charge in [-0.1, -0.05) is 33.6 Å². The number of aryl methyl sites for hydroxylation is 1. The van der Waals surface area contributed by atoms with E-state index in [0.29, 0.717) is 0 Å². The van der Waals surface area contributed by atoms with Crippen molar-refractivity contribution in [3.05, 3.63) is 55.7 Å². The van der Waals surface area contributed by atoms with E-state index in [-0.39, 0.29) is 0 Å². The predicted molar refractivity (Wildman–Crippen MR) is 83.2 cm³/mol. The molecule has 0 unspecified atom stereocenters. The first-order valence-electron chi connectivity index (χ1n) is 5.36. The van der Waals surface area contributed by atoms with Crippen molar-refractivity contribution in [3.8, 4) is 0 Å². The van der Waals surface area contributed by atoms with Crippen LogP contribution in [0.5, 0.6) is 0 Å². The Hall–Kier alpha value is -0.580. The zero-order chi connectivity index (χ0) is 13.1. The van der Waals surface area contributed by atoms with Gasteiger partial charge in [-0.2, -0.15) is 0 Å². The molecule has 0 fully saturated rings. The van der Waals surface area contributed by atoms with Crippen molar-refractivity contribution in [2.24, 2.45) is 0 Å². The van der Waals surface area contributed by atoms with E-state index in [9.17, 15) is 0 Å². The van der Waals surface area contributed by atoms with Gasteiger partial charge in [-0.3, -0.25) is 0 Å². The minimum atomic E-state index is 0.723. The van der Waals surface area contributed by atoms with Gasteiger partial charge in [0.1, 0.15) is 4.60 Å². The number of benzene rings is 1. The van der Waals surface area contributed by atoms with E-state index in [1.165, 1.54) is 0 Å². The normalized spacial score (nSPS) is 10.4. The van der Waals surface area contributed by atoms with Crippen LogP contribution in [0.15, 0.2) is 39.5 Å². The topological polar surface area (TPSA) is 24.9 Å². The molecule has 0 aliphatic carbocycles. The first-order chi connectivity index (χ1) is 8.56. The van der Waals surface area contributed by atoms with Crippen molar-refractivity contribution in [2.45, 2.75) is 13.5 Å². The molecule has 2 nitrogen and oxygen atoms in total. The molecule has 2 aromatic rings. The number of hydrogen-bond acceptors (Lipinski definition) is 2. The highest BCUT2D eigenvalue weighted by molar-refractivity contribution is 9.10. The molecule has 0 radical (unpaired) electrons. The van der Waals surface area contributed by atoms with Crippen LogP contribution >= 0.6 is 43.5 Å². The van der Waals surface area contributed by atoms with Crippen molar-refractivity contribution in [3.63, 3.8) is 0 Å². The number of pyridine rings is 1. The van der Waals surface area contributed by atoms with E-state index in [1.54, 1.807) is 6.20 Å².